The standard InChI is InChI=1S/C19H25N3O2.ClH/c1-20-18(23)11-15-22(19(20)24)17-9-13-21(14-10-17)12-5-8-16-6-3-2-4-7-16;/h2-8,17H,9-15H2,1H3;1H/b8-5+;. The summed E-state index contributed by atoms with van der Waals surface area (Å²) in [6.45, 7) is 3.49. The topological polar surface area (TPSA) is 43.9 Å². The molecule has 0 N–H and O–H groups in total. The van der Waals surface area contributed by atoms with E-state index in [1.807, 2.05) is 23.1 Å². The van der Waals surface area contributed by atoms with Gasteiger partial charge in [0.25, 0.3) is 0 Å². The van der Waals surface area contributed by atoms with E-state index >= 15 is 0 Å². The molecule has 0 aromatic heterocycles. The van der Waals surface area contributed by atoms with Gasteiger partial charge in [-0.2, -0.15) is 0 Å². The summed E-state index contributed by atoms with van der Waals surface area (Å²) in [5, 5.41) is 0. The third-order valence-electron chi connectivity index (χ3n) is 4.94. The normalized spacial score (nSPS) is 20.2. The summed E-state index contributed by atoms with van der Waals surface area (Å²) in [6.07, 6.45) is 6.76. The van der Waals surface area contributed by atoms with Gasteiger partial charge in [-0.15, -0.1) is 12.4 Å². The van der Waals surface area contributed by atoms with Crippen molar-refractivity contribution in [3.05, 3.63) is 42.0 Å². The first-order valence-corrected chi connectivity index (χ1v) is 8.66. The Balaban J connectivity index is 0.00000225. The molecule has 5 nitrogen and oxygen atoms in total. The van der Waals surface area contributed by atoms with Crippen LogP contribution >= 0.6 is 12.4 Å². The molecule has 1 aromatic rings. The lowest BCUT2D eigenvalue weighted by Gasteiger charge is -2.41. The molecular weight excluding hydrogens is 338 g/mol. The summed E-state index contributed by atoms with van der Waals surface area (Å²) >= 11 is 0. The highest BCUT2D eigenvalue weighted by atomic mass is 35.5. The van der Waals surface area contributed by atoms with Crippen LogP contribution in [0, 0.1) is 0 Å². The minimum atomic E-state index is -0.131. The van der Waals surface area contributed by atoms with Crippen molar-refractivity contribution in [3.8, 4) is 0 Å². The van der Waals surface area contributed by atoms with Gasteiger partial charge >= 0.3 is 6.03 Å². The van der Waals surface area contributed by atoms with Gasteiger partial charge in [0, 0.05) is 45.7 Å². The number of carbonyl (C=O) groups is 2. The van der Waals surface area contributed by atoms with E-state index in [-0.39, 0.29) is 30.4 Å². The minimum absolute atomic E-state index is 0. The van der Waals surface area contributed by atoms with Crippen LogP contribution in [0.5, 0.6) is 0 Å². The second-order valence-electron chi connectivity index (χ2n) is 6.52. The van der Waals surface area contributed by atoms with Crippen LogP contribution in [0.4, 0.5) is 4.79 Å². The Kier molecular flexibility index (Phi) is 7.02. The van der Waals surface area contributed by atoms with E-state index in [1.165, 1.54) is 10.5 Å². The molecule has 2 fully saturated rings. The van der Waals surface area contributed by atoms with Crippen molar-refractivity contribution in [3.63, 3.8) is 0 Å². The number of hydrogen-bond donors (Lipinski definition) is 0. The maximum atomic E-state index is 12.3. The van der Waals surface area contributed by atoms with Gasteiger partial charge in [-0.25, -0.2) is 4.79 Å². The van der Waals surface area contributed by atoms with E-state index in [1.54, 1.807) is 7.05 Å². The molecule has 2 aliphatic heterocycles. The quantitative estimate of drug-likeness (QED) is 0.826. The Morgan fingerprint density at radius 1 is 1.08 bits per heavy atom. The van der Waals surface area contributed by atoms with Gasteiger partial charge < -0.3 is 4.90 Å². The van der Waals surface area contributed by atoms with Gasteiger partial charge in [0.05, 0.1) is 0 Å². The summed E-state index contributed by atoms with van der Waals surface area (Å²) in [5.41, 5.74) is 1.22. The molecule has 3 rings (SSSR count). The molecule has 2 saturated heterocycles. The number of benzene rings is 1. The van der Waals surface area contributed by atoms with Gasteiger partial charge in [-0.1, -0.05) is 42.5 Å². The lowest BCUT2D eigenvalue weighted by molar-refractivity contribution is -0.130. The molecule has 1 aromatic carbocycles. The number of imide groups is 1. The van der Waals surface area contributed by atoms with E-state index in [4.69, 9.17) is 0 Å². The Hall–Kier alpha value is -1.85. The molecule has 136 valence electrons. The zero-order chi connectivity index (χ0) is 16.9. The highest BCUT2D eigenvalue weighted by Gasteiger charge is 2.34. The molecule has 6 heteroatoms. The van der Waals surface area contributed by atoms with Crippen molar-refractivity contribution < 1.29 is 9.59 Å². The van der Waals surface area contributed by atoms with Crippen LogP contribution in [0.3, 0.4) is 0 Å². The van der Waals surface area contributed by atoms with Crippen LogP contribution in [0.25, 0.3) is 6.08 Å². The van der Waals surface area contributed by atoms with Gasteiger partial charge in [-0.3, -0.25) is 14.6 Å². The maximum absolute atomic E-state index is 12.3. The van der Waals surface area contributed by atoms with Crippen molar-refractivity contribution in [1.82, 2.24) is 14.7 Å². The summed E-state index contributed by atoms with van der Waals surface area (Å²) in [7, 11) is 1.58. The molecule has 0 bridgehead atoms. The molecule has 2 heterocycles. The zero-order valence-electron chi connectivity index (χ0n) is 14.6. The predicted molar refractivity (Wildman–Crippen MR) is 102 cm³/mol. The smallest absolute Gasteiger partial charge is 0.321 e. The molecule has 3 amide bonds. The Morgan fingerprint density at radius 2 is 1.76 bits per heavy atom. The predicted octanol–water partition coefficient (Wildman–Crippen LogP) is 2.87. The number of nitrogens with zero attached hydrogens (tertiary/aromatic N) is 3. The molecule has 0 unspecified atom stereocenters. The number of halogens is 1. The summed E-state index contributed by atoms with van der Waals surface area (Å²) in [6, 6.07) is 10.4. The second-order valence-corrected chi connectivity index (χ2v) is 6.52. The van der Waals surface area contributed by atoms with Crippen LogP contribution in [0.1, 0.15) is 24.8 Å². The van der Waals surface area contributed by atoms with Crippen molar-refractivity contribution in [2.24, 2.45) is 0 Å². The van der Waals surface area contributed by atoms with E-state index in [9.17, 15) is 9.59 Å². The maximum Gasteiger partial charge on any atom is 0.326 e. The molecule has 0 spiro atoms. The van der Waals surface area contributed by atoms with Gasteiger partial charge in [0.1, 0.15) is 0 Å². The Bertz CT molecular complexity index is 612. The fraction of sp³-hybridized carbons (Fsp3) is 0.474. The third-order valence-corrected chi connectivity index (χ3v) is 4.94. The molecule has 0 radical (unpaired) electrons. The molecule has 2 aliphatic rings. The SMILES string of the molecule is CN1C(=O)CCN(C2CCN(C/C=C/c3ccccc3)CC2)C1=O.Cl. The van der Waals surface area contributed by atoms with Crippen LogP contribution in [0.2, 0.25) is 0 Å². The molecule has 0 saturated carbocycles. The number of amides is 3. The third kappa shape index (κ3) is 4.83. The highest BCUT2D eigenvalue weighted by Crippen LogP contribution is 2.21. The van der Waals surface area contributed by atoms with Crippen molar-refractivity contribution >= 4 is 30.4 Å². The number of piperidine rings is 1. The summed E-state index contributed by atoms with van der Waals surface area (Å²) < 4.78 is 0. The van der Waals surface area contributed by atoms with E-state index in [2.05, 4.69) is 29.2 Å². The fourth-order valence-corrected chi connectivity index (χ4v) is 3.43. The monoisotopic (exact) mass is 363 g/mol. The van der Waals surface area contributed by atoms with Gasteiger partial charge in [0.15, 0.2) is 0 Å². The van der Waals surface area contributed by atoms with E-state index in [0.29, 0.717) is 13.0 Å². The first-order chi connectivity index (χ1) is 11.6. The lowest BCUT2D eigenvalue weighted by atomic mass is 10.0. The first kappa shape index (κ1) is 19.5. The number of rotatable bonds is 4. The van der Waals surface area contributed by atoms with Crippen LogP contribution in [-0.2, 0) is 4.79 Å². The second kappa shape index (κ2) is 9.02. The first-order valence-electron chi connectivity index (χ1n) is 8.66. The number of urea groups is 1. The number of likely N-dealkylation sites (tertiary alicyclic amines) is 1. The molecular formula is C19H26ClN3O2. The van der Waals surface area contributed by atoms with Crippen LogP contribution in [0.15, 0.2) is 36.4 Å². The molecule has 0 atom stereocenters. The van der Waals surface area contributed by atoms with E-state index < -0.39 is 0 Å². The fourth-order valence-electron chi connectivity index (χ4n) is 3.43. The summed E-state index contributed by atoms with van der Waals surface area (Å²) in [5.74, 6) is -0.0697. The molecule has 25 heavy (non-hydrogen) atoms. The van der Waals surface area contributed by atoms with Crippen molar-refractivity contribution in [1.29, 1.82) is 0 Å². The largest absolute Gasteiger partial charge is 0.326 e. The molecule has 0 aliphatic carbocycles. The minimum Gasteiger partial charge on any atom is -0.321 e. The average Bonchev–Trinajstić information content (AvgIpc) is 2.62. The zero-order valence-corrected chi connectivity index (χ0v) is 15.5. The average molecular weight is 364 g/mol. The van der Waals surface area contributed by atoms with Crippen molar-refractivity contribution in [2.45, 2.75) is 25.3 Å². The Morgan fingerprint density at radius 3 is 2.44 bits per heavy atom. The van der Waals surface area contributed by atoms with E-state index in [0.717, 1.165) is 32.5 Å². The number of hydrogen-bond acceptors (Lipinski definition) is 3. The lowest BCUT2D eigenvalue weighted by Crippen LogP contribution is -2.56. The van der Waals surface area contributed by atoms with Gasteiger partial charge in [-0.05, 0) is 18.4 Å². The Labute approximate surface area is 155 Å². The highest BCUT2D eigenvalue weighted by molar-refractivity contribution is 5.96. The van der Waals surface area contributed by atoms with Crippen LogP contribution in [-0.4, -0.2) is 65.9 Å². The van der Waals surface area contributed by atoms with Crippen LogP contribution < -0.4 is 0 Å². The van der Waals surface area contributed by atoms with Crippen molar-refractivity contribution in [2.75, 3.05) is 33.2 Å². The van der Waals surface area contributed by atoms with Gasteiger partial charge in [0.2, 0.25) is 5.91 Å². The number of carbonyl (C=O) groups excluding carboxylic acids is 2. The summed E-state index contributed by atoms with van der Waals surface area (Å²) in [4.78, 5) is 29.4.